The third kappa shape index (κ3) is 3.26. The Hall–Kier alpha value is -1.23. The Bertz CT molecular complexity index is 504. The van der Waals surface area contributed by atoms with Crippen LogP contribution in [-0.4, -0.2) is 24.1 Å². The van der Waals surface area contributed by atoms with Gasteiger partial charge in [-0.15, -0.1) is 0 Å². The molecule has 4 nitrogen and oxygen atoms in total. The van der Waals surface area contributed by atoms with E-state index in [0.29, 0.717) is 6.04 Å². The molecule has 0 saturated heterocycles. The number of hydrogen-bond donors (Lipinski definition) is 2. The second kappa shape index (κ2) is 6.48. The van der Waals surface area contributed by atoms with Crippen molar-refractivity contribution in [2.45, 2.75) is 38.6 Å². The van der Waals surface area contributed by atoms with E-state index in [4.69, 9.17) is 10.9 Å². The molecule has 0 heterocycles. The Balaban J connectivity index is 2.31. The summed E-state index contributed by atoms with van der Waals surface area (Å²) in [5.74, 6) is 0.913. The number of hydrogen-bond acceptors (Lipinski definition) is 3. The second-order valence-corrected chi connectivity index (χ2v) is 6.60. The van der Waals surface area contributed by atoms with Crippen LogP contribution in [0, 0.1) is 5.92 Å². The van der Waals surface area contributed by atoms with Gasteiger partial charge in [0.05, 0.1) is 0 Å². The molecule has 0 spiro atoms. The molecular weight excluding hydrogens is 318 g/mol. The van der Waals surface area contributed by atoms with Crippen molar-refractivity contribution in [3.63, 3.8) is 0 Å². The number of benzene rings is 1. The summed E-state index contributed by atoms with van der Waals surface area (Å²) >= 11 is 3.44. The standard InChI is InChI=1S/C15H22BrN3O/c1-10-4-3-5-12(8-10)19(2)14-7-6-11(16)9-13(14)15(17)18-20/h6-7,9-10,12,20H,3-5,8H2,1-2H3,(H2,17,18). The zero-order valence-corrected chi connectivity index (χ0v) is 13.6. The van der Waals surface area contributed by atoms with Gasteiger partial charge in [0.15, 0.2) is 5.84 Å². The summed E-state index contributed by atoms with van der Waals surface area (Å²) in [6.07, 6.45) is 4.98. The minimum absolute atomic E-state index is 0.150. The van der Waals surface area contributed by atoms with Crippen LogP contribution in [0.15, 0.2) is 27.8 Å². The van der Waals surface area contributed by atoms with Gasteiger partial charge in [-0.1, -0.05) is 40.9 Å². The molecule has 0 aliphatic heterocycles. The lowest BCUT2D eigenvalue weighted by Gasteiger charge is -2.36. The predicted octanol–water partition coefficient (Wildman–Crippen LogP) is 3.56. The van der Waals surface area contributed by atoms with Gasteiger partial charge in [0.1, 0.15) is 0 Å². The van der Waals surface area contributed by atoms with Crippen LogP contribution in [0.25, 0.3) is 0 Å². The minimum Gasteiger partial charge on any atom is -0.409 e. The van der Waals surface area contributed by atoms with Gasteiger partial charge in [0.25, 0.3) is 0 Å². The van der Waals surface area contributed by atoms with E-state index in [-0.39, 0.29) is 5.84 Å². The molecule has 1 aliphatic rings. The van der Waals surface area contributed by atoms with Crippen LogP contribution < -0.4 is 10.6 Å². The SMILES string of the molecule is CC1CCCC(N(C)c2ccc(Br)cc2/C(N)=N/O)C1. The lowest BCUT2D eigenvalue weighted by Crippen LogP contribution is -2.36. The molecular formula is C15H22BrN3O. The molecule has 1 saturated carbocycles. The van der Waals surface area contributed by atoms with Gasteiger partial charge in [-0.2, -0.15) is 0 Å². The summed E-state index contributed by atoms with van der Waals surface area (Å²) in [5, 5.41) is 12.1. The second-order valence-electron chi connectivity index (χ2n) is 5.68. The van der Waals surface area contributed by atoms with Crippen molar-refractivity contribution in [1.29, 1.82) is 0 Å². The van der Waals surface area contributed by atoms with E-state index in [1.807, 2.05) is 18.2 Å². The van der Waals surface area contributed by atoms with Crippen LogP contribution in [0.3, 0.4) is 0 Å². The number of halogens is 1. The van der Waals surface area contributed by atoms with Gasteiger partial charge in [-0.3, -0.25) is 0 Å². The first-order valence-electron chi connectivity index (χ1n) is 7.03. The average Bonchev–Trinajstić information content (AvgIpc) is 2.45. The Morgan fingerprint density at radius 3 is 2.85 bits per heavy atom. The third-order valence-corrected chi connectivity index (χ3v) is 4.67. The van der Waals surface area contributed by atoms with Crippen molar-refractivity contribution in [3.8, 4) is 0 Å². The lowest BCUT2D eigenvalue weighted by molar-refractivity contribution is 0.318. The van der Waals surface area contributed by atoms with Crippen LogP contribution in [0.5, 0.6) is 0 Å². The molecule has 3 N–H and O–H groups in total. The Morgan fingerprint density at radius 1 is 1.45 bits per heavy atom. The average molecular weight is 340 g/mol. The fourth-order valence-electron chi connectivity index (χ4n) is 3.03. The molecule has 2 rings (SSSR count). The van der Waals surface area contributed by atoms with Crippen LogP contribution in [-0.2, 0) is 0 Å². The van der Waals surface area contributed by atoms with Gasteiger partial charge in [-0.05, 0) is 37.0 Å². The number of amidine groups is 1. The van der Waals surface area contributed by atoms with Crippen molar-refractivity contribution in [2.75, 3.05) is 11.9 Å². The number of nitrogens with zero attached hydrogens (tertiary/aromatic N) is 2. The van der Waals surface area contributed by atoms with Gasteiger partial charge in [0, 0.05) is 28.8 Å². The predicted molar refractivity (Wildman–Crippen MR) is 86.5 cm³/mol. The largest absolute Gasteiger partial charge is 0.409 e. The molecule has 110 valence electrons. The molecule has 5 heteroatoms. The number of anilines is 1. The fourth-order valence-corrected chi connectivity index (χ4v) is 3.39. The number of rotatable bonds is 3. The molecule has 1 fully saturated rings. The Kier molecular flexibility index (Phi) is 4.91. The topological polar surface area (TPSA) is 61.8 Å². The van der Waals surface area contributed by atoms with Crippen LogP contribution >= 0.6 is 15.9 Å². The van der Waals surface area contributed by atoms with E-state index >= 15 is 0 Å². The molecule has 1 aromatic carbocycles. The Morgan fingerprint density at radius 2 is 2.20 bits per heavy atom. The van der Waals surface area contributed by atoms with Gasteiger partial charge in [-0.25, -0.2) is 0 Å². The Labute approximate surface area is 128 Å². The van der Waals surface area contributed by atoms with Crippen molar-refractivity contribution in [2.24, 2.45) is 16.8 Å². The molecule has 2 atom stereocenters. The zero-order chi connectivity index (χ0) is 14.7. The summed E-state index contributed by atoms with van der Waals surface area (Å²) in [5.41, 5.74) is 7.59. The highest BCUT2D eigenvalue weighted by Gasteiger charge is 2.24. The maximum atomic E-state index is 8.97. The molecule has 0 radical (unpaired) electrons. The summed E-state index contributed by atoms with van der Waals surface area (Å²) in [6.45, 7) is 2.31. The van der Waals surface area contributed by atoms with E-state index in [1.165, 1.54) is 25.7 Å². The maximum Gasteiger partial charge on any atom is 0.172 e. The maximum absolute atomic E-state index is 8.97. The number of nitrogens with two attached hydrogens (primary N) is 1. The van der Waals surface area contributed by atoms with E-state index in [2.05, 4.69) is 40.0 Å². The van der Waals surface area contributed by atoms with Gasteiger partial charge >= 0.3 is 0 Å². The first-order valence-corrected chi connectivity index (χ1v) is 7.82. The molecule has 20 heavy (non-hydrogen) atoms. The number of oxime groups is 1. The van der Waals surface area contributed by atoms with E-state index < -0.39 is 0 Å². The van der Waals surface area contributed by atoms with E-state index in [1.54, 1.807) is 0 Å². The van der Waals surface area contributed by atoms with Crippen molar-refractivity contribution in [1.82, 2.24) is 0 Å². The first kappa shape index (κ1) is 15.2. The van der Waals surface area contributed by atoms with E-state index in [0.717, 1.165) is 21.6 Å². The highest BCUT2D eigenvalue weighted by molar-refractivity contribution is 9.10. The monoisotopic (exact) mass is 339 g/mol. The van der Waals surface area contributed by atoms with Crippen molar-refractivity contribution >= 4 is 27.5 Å². The molecule has 0 aromatic heterocycles. The molecule has 0 amide bonds. The fraction of sp³-hybridized carbons (Fsp3) is 0.533. The van der Waals surface area contributed by atoms with Crippen molar-refractivity contribution in [3.05, 3.63) is 28.2 Å². The highest BCUT2D eigenvalue weighted by Crippen LogP contribution is 2.32. The summed E-state index contributed by atoms with van der Waals surface area (Å²) in [4.78, 5) is 2.27. The lowest BCUT2D eigenvalue weighted by atomic mass is 9.86. The summed E-state index contributed by atoms with van der Waals surface area (Å²) in [6, 6.07) is 6.43. The molecule has 1 aromatic rings. The van der Waals surface area contributed by atoms with Crippen LogP contribution in [0.4, 0.5) is 5.69 Å². The van der Waals surface area contributed by atoms with Crippen LogP contribution in [0.1, 0.15) is 38.2 Å². The van der Waals surface area contributed by atoms with E-state index in [9.17, 15) is 0 Å². The molecule has 2 unspecified atom stereocenters. The van der Waals surface area contributed by atoms with Crippen LogP contribution in [0.2, 0.25) is 0 Å². The highest BCUT2D eigenvalue weighted by atomic mass is 79.9. The minimum atomic E-state index is 0.150. The quantitative estimate of drug-likeness (QED) is 0.383. The molecule has 1 aliphatic carbocycles. The first-order chi connectivity index (χ1) is 9.52. The normalized spacial score (nSPS) is 23.6. The van der Waals surface area contributed by atoms with Crippen molar-refractivity contribution < 1.29 is 5.21 Å². The third-order valence-electron chi connectivity index (χ3n) is 4.18. The molecule has 0 bridgehead atoms. The summed E-state index contributed by atoms with van der Waals surface area (Å²) in [7, 11) is 2.10. The smallest absolute Gasteiger partial charge is 0.172 e. The van der Waals surface area contributed by atoms with Gasteiger partial charge in [0.2, 0.25) is 0 Å². The van der Waals surface area contributed by atoms with Gasteiger partial charge < -0.3 is 15.8 Å². The summed E-state index contributed by atoms with van der Waals surface area (Å²) < 4.78 is 0.924. The zero-order valence-electron chi connectivity index (χ0n) is 12.0.